The van der Waals surface area contributed by atoms with Crippen molar-refractivity contribution >= 4 is 39.1 Å². The summed E-state index contributed by atoms with van der Waals surface area (Å²) in [5.74, 6) is 1.72. The first-order valence-corrected chi connectivity index (χ1v) is 11.5. The predicted octanol–water partition coefficient (Wildman–Crippen LogP) is 4.58. The van der Waals surface area contributed by atoms with Crippen LogP contribution in [0.4, 0.5) is 0 Å². The lowest BCUT2D eigenvalue weighted by Crippen LogP contribution is -2.20. The van der Waals surface area contributed by atoms with Crippen molar-refractivity contribution in [2.24, 2.45) is 7.05 Å². The zero-order chi connectivity index (χ0) is 18.1. The molecule has 0 atom stereocenters. The fraction of sp³-hybridized carbons (Fsp3) is 0.632. The number of fused-ring (bicyclic) bond motifs is 5. The second-order valence-electron chi connectivity index (χ2n) is 7.14. The first-order valence-electron chi connectivity index (χ1n) is 9.73. The minimum Gasteiger partial charge on any atom is -0.279 e. The molecule has 0 fully saturated rings. The molecule has 4 rings (SSSR count). The highest BCUT2D eigenvalue weighted by Gasteiger charge is 2.23. The Bertz CT molecular complexity index is 985. The molecule has 3 heterocycles. The van der Waals surface area contributed by atoms with Gasteiger partial charge in [-0.1, -0.05) is 44.4 Å². The van der Waals surface area contributed by atoms with Crippen molar-refractivity contribution in [1.29, 1.82) is 0 Å². The van der Waals surface area contributed by atoms with Crippen LogP contribution in [-0.2, 0) is 19.9 Å². The van der Waals surface area contributed by atoms with Crippen molar-refractivity contribution in [3.05, 3.63) is 20.8 Å². The van der Waals surface area contributed by atoms with E-state index in [0.717, 1.165) is 34.0 Å². The van der Waals surface area contributed by atoms with Gasteiger partial charge < -0.3 is 0 Å². The Labute approximate surface area is 161 Å². The molecule has 0 aliphatic heterocycles. The Morgan fingerprint density at radius 3 is 2.77 bits per heavy atom. The maximum Gasteiger partial charge on any atom is 0.263 e. The monoisotopic (exact) mass is 390 g/mol. The van der Waals surface area contributed by atoms with Crippen LogP contribution in [0.15, 0.2) is 9.95 Å². The van der Waals surface area contributed by atoms with Gasteiger partial charge in [-0.25, -0.2) is 4.40 Å². The fourth-order valence-electron chi connectivity index (χ4n) is 3.81. The van der Waals surface area contributed by atoms with Crippen molar-refractivity contribution < 1.29 is 0 Å². The fourth-order valence-corrected chi connectivity index (χ4v) is 6.18. The van der Waals surface area contributed by atoms with Gasteiger partial charge in [0.2, 0.25) is 5.78 Å². The van der Waals surface area contributed by atoms with Crippen LogP contribution in [0.3, 0.4) is 0 Å². The van der Waals surface area contributed by atoms with Crippen LogP contribution in [0.25, 0.3) is 16.0 Å². The van der Waals surface area contributed by atoms with Gasteiger partial charge in [0.25, 0.3) is 5.56 Å². The SMILES string of the molecule is CCCCCCCSc1nnc2n(C)c(=O)c3c4c(sc3n12)CCCC4. The van der Waals surface area contributed by atoms with Crippen LogP contribution in [0.1, 0.15) is 62.3 Å². The molecule has 0 unspecified atom stereocenters. The van der Waals surface area contributed by atoms with Crippen LogP contribution >= 0.6 is 23.1 Å². The molecule has 3 aromatic heterocycles. The van der Waals surface area contributed by atoms with E-state index in [1.54, 1.807) is 27.7 Å². The molecule has 0 N–H and O–H groups in total. The highest BCUT2D eigenvalue weighted by molar-refractivity contribution is 7.99. The molecule has 7 heteroatoms. The summed E-state index contributed by atoms with van der Waals surface area (Å²) in [5, 5.41) is 10.6. The summed E-state index contributed by atoms with van der Waals surface area (Å²) in [6.45, 7) is 2.24. The van der Waals surface area contributed by atoms with E-state index in [4.69, 9.17) is 0 Å². The number of thiophene rings is 1. The average Bonchev–Trinajstić information content (AvgIpc) is 3.24. The third-order valence-corrected chi connectivity index (χ3v) is 7.56. The lowest BCUT2D eigenvalue weighted by molar-refractivity contribution is 0.659. The summed E-state index contributed by atoms with van der Waals surface area (Å²) in [6, 6.07) is 0. The van der Waals surface area contributed by atoms with Crippen molar-refractivity contribution in [1.82, 2.24) is 19.2 Å². The first kappa shape index (κ1) is 18.0. The molecule has 1 aliphatic rings. The molecular formula is C19H26N4OS2. The van der Waals surface area contributed by atoms with E-state index in [0.29, 0.717) is 5.78 Å². The smallest absolute Gasteiger partial charge is 0.263 e. The molecule has 0 spiro atoms. The Morgan fingerprint density at radius 2 is 1.92 bits per heavy atom. The molecule has 0 bridgehead atoms. The highest BCUT2D eigenvalue weighted by atomic mass is 32.2. The number of aryl methyl sites for hydroxylation is 3. The zero-order valence-electron chi connectivity index (χ0n) is 15.6. The lowest BCUT2D eigenvalue weighted by Gasteiger charge is -2.10. The summed E-state index contributed by atoms with van der Waals surface area (Å²) in [4.78, 5) is 15.4. The number of hydrogen-bond donors (Lipinski definition) is 0. The molecule has 0 radical (unpaired) electrons. The maximum atomic E-state index is 12.9. The van der Waals surface area contributed by atoms with E-state index >= 15 is 0 Å². The molecule has 0 aromatic carbocycles. The quantitative estimate of drug-likeness (QED) is 0.437. The van der Waals surface area contributed by atoms with Gasteiger partial charge in [-0.3, -0.25) is 9.36 Å². The number of unbranched alkanes of at least 4 members (excludes halogenated alkanes) is 4. The molecule has 5 nitrogen and oxygen atoms in total. The summed E-state index contributed by atoms with van der Waals surface area (Å²) in [5.41, 5.74) is 1.36. The second-order valence-corrected chi connectivity index (χ2v) is 9.28. The van der Waals surface area contributed by atoms with E-state index in [1.165, 1.54) is 55.4 Å². The topological polar surface area (TPSA) is 52.2 Å². The summed E-state index contributed by atoms with van der Waals surface area (Å²) in [7, 11) is 1.82. The van der Waals surface area contributed by atoms with E-state index in [-0.39, 0.29) is 5.56 Å². The van der Waals surface area contributed by atoms with Crippen LogP contribution in [0.5, 0.6) is 0 Å². The summed E-state index contributed by atoms with van der Waals surface area (Å²) >= 11 is 3.55. The minimum absolute atomic E-state index is 0.0791. The average molecular weight is 391 g/mol. The van der Waals surface area contributed by atoms with Crippen molar-refractivity contribution in [2.75, 3.05) is 5.75 Å². The minimum atomic E-state index is 0.0791. The van der Waals surface area contributed by atoms with Crippen LogP contribution in [0.2, 0.25) is 0 Å². The Morgan fingerprint density at radius 1 is 1.12 bits per heavy atom. The molecule has 1 aliphatic carbocycles. The van der Waals surface area contributed by atoms with Gasteiger partial charge in [0.15, 0.2) is 5.16 Å². The van der Waals surface area contributed by atoms with E-state index < -0.39 is 0 Å². The second kappa shape index (κ2) is 7.72. The van der Waals surface area contributed by atoms with Crippen LogP contribution < -0.4 is 5.56 Å². The van der Waals surface area contributed by atoms with Gasteiger partial charge in [0, 0.05) is 17.7 Å². The molecule has 3 aromatic rings. The van der Waals surface area contributed by atoms with Gasteiger partial charge in [-0.15, -0.1) is 21.5 Å². The van der Waals surface area contributed by atoms with Crippen molar-refractivity contribution in [3.63, 3.8) is 0 Å². The van der Waals surface area contributed by atoms with Crippen LogP contribution in [0, 0.1) is 0 Å². The summed E-state index contributed by atoms with van der Waals surface area (Å²) < 4.78 is 3.79. The third kappa shape index (κ3) is 3.09. The number of thioether (sulfide) groups is 1. The van der Waals surface area contributed by atoms with Gasteiger partial charge in [-0.05, 0) is 37.7 Å². The van der Waals surface area contributed by atoms with E-state index in [1.807, 2.05) is 7.05 Å². The van der Waals surface area contributed by atoms with Gasteiger partial charge in [0.05, 0.1) is 5.39 Å². The largest absolute Gasteiger partial charge is 0.279 e. The van der Waals surface area contributed by atoms with Gasteiger partial charge in [0.1, 0.15) is 4.83 Å². The molecule has 0 saturated carbocycles. The molecule has 140 valence electrons. The van der Waals surface area contributed by atoms with E-state index in [9.17, 15) is 4.79 Å². The van der Waals surface area contributed by atoms with Crippen molar-refractivity contribution in [3.8, 4) is 0 Å². The van der Waals surface area contributed by atoms with Gasteiger partial charge in [-0.2, -0.15) is 0 Å². The predicted molar refractivity (Wildman–Crippen MR) is 110 cm³/mol. The highest BCUT2D eigenvalue weighted by Crippen LogP contribution is 2.36. The number of rotatable bonds is 7. The molecule has 26 heavy (non-hydrogen) atoms. The zero-order valence-corrected chi connectivity index (χ0v) is 17.2. The summed E-state index contributed by atoms with van der Waals surface area (Å²) in [6.07, 6.45) is 10.9. The molecule has 0 saturated heterocycles. The van der Waals surface area contributed by atoms with E-state index in [2.05, 4.69) is 21.5 Å². The lowest BCUT2D eigenvalue weighted by atomic mass is 9.97. The Kier molecular flexibility index (Phi) is 5.36. The number of aromatic nitrogens is 4. The van der Waals surface area contributed by atoms with Crippen molar-refractivity contribution in [2.45, 2.75) is 69.9 Å². The molecule has 0 amide bonds. The molecular weight excluding hydrogens is 364 g/mol. The Hall–Kier alpha value is -1.34. The number of nitrogens with zero attached hydrogens (tertiary/aromatic N) is 4. The number of hydrogen-bond acceptors (Lipinski definition) is 5. The van der Waals surface area contributed by atoms with Gasteiger partial charge >= 0.3 is 0 Å². The third-order valence-electron chi connectivity index (χ3n) is 5.27. The first-order chi connectivity index (χ1) is 12.7. The normalized spacial score (nSPS) is 14.4. The standard InChI is InChI=1S/C19H26N4OS2/c1-3-4-5-6-9-12-25-19-21-20-18-22(2)16(24)15-13-10-7-8-11-14(13)26-17(15)23(18)19/h3-12H2,1-2H3. The maximum absolute atomic E-state index is 12.9. The Balaban J connectivity index is 1.71. The van der Waals surface area contributed by atoms with Crippen LogP contribution in [-0.4, -0.2) is 24.9 Å².